The van der Waals surface area contributed by atoms with Gasteiger partial charge in [0.1, 0.15) is 40.3 Å². The van der Waals surface area contributed by atoms with Gasteiger partial charge in [-0.1, -0.05) is 24.2 Å². The predicted octanol–water partition coefficient (Wildman–Crippen LogP) is 3.41. The number of carbonyl (C=O) groups excluding carboxylic acids is 2. The van der Waals surface area contributed by atoms with Crippen molar-refractivity contribution >= 4 is 29.2 Å². The molecule has 2 amide bonds. The molecule has 0 bridgehead atoms. The second kappa shape index (κ2) is 11.7. The number of hydrogen-bond donors (Lipinski definition) is 1. The molecule has 42 heavy (non-hydrogen) atoms. The van der Waals surface area contributed by atoms with E-state index in [1.165, 1.54) is 24.3 Å². The lowest BCUT2D eigenvalue weighted by Gasteiger charge is -2.40. The topological polar surface area (TPSA) is 98.7 Å². The fourth-order valence-corrected chi connectivity index (χ4v) is 6.47. The fraction of sp³-hybridized carbons (Fsp3) is 0.500. The van der Waals surface area contributed by atoms with Gasteiger partial charge in [-0.15, -0.1) is 0 Å². The molecule has 0 unspecified atom stereocenters. The van der Waals surface area contributed by atoms with Gasteiger partial charge >= 0.3 is 0 Å². The van der Waals surface area contributed by atoms with Crippen molar-refractivity contribution in [2.24, 2.45) is 0 Å². The number of phenols is 1. The number of rotatable bonds is 7. The minimum absolute atomic E-state index is 0.0101. The van der Waals surface area contributed by atoms with Crippen molar-refractivity contribution in [3.8, 4) is 22.8 Å². The molecule has 2 aromatic rings. The van der Waals surface area contributed by atoms with Crippen molar-refractivity contribution in [2.45, 2.75) is 37.9 Å². The normalized spacial score (nSPS) is 21.6. The Morgan fingerprint density at radius 2 is 2.10 bits per heavy atom. The van der Waals surface area contributed by atoms with Gasteiger partial charge in [-0.2, -0.15) is 0 Å². The Morgan fingerprint density at radius 3 is 2.79 bits per heavy atom. The number of anilines is 1. The van der Waals surface area contributed by atoms with E-state index in [0.29, 0.717) is 32.1 Å². The minimum Gasteiger partial charge on any atom is -0.507 e. The molecular weight excluding hydrogens is 565 g/mol. The Balaban J connectivity index is 1.65. The maximum absolute atomic E-state index is 15.2. The van der Waals surface area contributed by atoms with Crippen LogP contribution in [0.2, 0.25) is 5.02 Å². The van der Waals surface area contributed by atoms with Gasteiger partial charge in [-0.3, -0.25) is 14.5 Å². The number of halogens is 2. The quantitative estimate of drug-likeness (QED) is 0.482. The van der Waals surface area contributed by atoms with Gasteiger partial charge in [-0.05, 0) is 45.5 Å². The number of benzene rings is 1. The summed E-state index contributed by atoms with van der Waals surface area (Å²) in [6.07, 6.45) is 2.03. The first-order valence-electron chi connectivity index (χ1n) is 14.0. The van der Waals surface area contributed by atoms with E-state index in [0.717, 1.165) is 13.0 Å². The van der Waals surface area contributed by atoms with Crippen LogP contribution in [0, 0.1) is 5.82 Å². The van der Waals surface area contributed by atoms with Crippen molar-refractivity contribution < 1.29 is 28.6 Å². The minimum atomic E-state index is -0.705. The van der Waals surface area contributed by atoms with Crippen LogP contribution >= 0.6 is 11.6 Å². The molecule has 226 valence electrons. The number of amides is 2. The number of aromatic hydroxyl groups is 1. The van der Waals surface area contributed by atoms with Crippen molar-refractivity contribution in [2.75, 3.05) is 65.0 Å². The van der Waals surface area contributed by atoms with Crippen LogP contribution in [0.25, 0.3) is 11.3 Å². The molecule has 3 aliphatic rings. The largest absolute Gasteiger partial charge is 0.507 e. The van der Waals surface area contributed by atoms with Crippen LogP contribution in [0.15, 0.2) is 30.9 Å². The summed E-state index contributed by atoms with van der Waals surface area (Å²) in [6, 6.07) is 3.66. The molecule has 3 aliphatic heterocycles. The Morgan fingerprint density at radius 1 is 1.33 bits per heavy atom. The van der Waals surface area contributed by atoms with E-state index < -0.39 is 17.4 Å². The third-order valence-corrected chi connectivity index (χ3v) is 8.90. The first-order chi connectivity index (χ1) is 20.0. The molecule has 1 N–H and O–H groups in total. The van der Waals surface area contributed by atoms with E-state index in [-0.39, 0.29) is 64.4 Å². The number of piperazine rings is 1. The van der Waals surface area contributed by atoms with Gasteiger partial charge < -0.3 is 29.3 Å². The lowest BCUT2D eigenvalue weighted by molar-refractivity contribution is -0.128. The highest BCUT2D eigenvalue weighted by molar-refractivity contribution is 6.35. The molecule has 1 aromatic heterocycles. The highest BCUT2D eigenvalue weighted by Crippen LogP contribution is 2.48. The van der Waals surface area contributed by atoms with E-state index in [9.17, 15) is 14.7 Å². The Labute approximate surface area is 250 Å². The highest BCUT2D eigenvalue weighted by Gasteiger charge is 2.46. The second-order valence-electron chi connectivity index (χ2n) is 11.6. The fourth-order valence-electron chi connectivity index (χ4n) is 6.18. The first-order valence-corrected chi connectivity index (χ1v) is 14.4. The third kappa shape index (κ3) is 5.29. The zero-order valence-electron chi connectivity index (χ0n) is 24.4. The Bertz CT molecular complexity index is 1380. The predicted molar refractivity (Wildman–Crippen MR) is 158 cm³/mol. The number of phenolic OH excluding ortho intramolecular Hbond substituents is 1. The maximum Gasteiger partial charge on any atom is 0.261 e. The van der Waals surface area contributed by atoms with Crippen LogP contribution in [0.5, 0.6) is 11.5 Å². The summed E-state index contributed by atoms with van der Waals surface area (Å²) < 4.78 is 26.7. The van der Waals surface area contributed by atoms with Crippen LogP contribution in [-0.2, 0) is 9.53 Å². The van der Waals surface area contributed by atoms with E-state index in [1.807, 2.05) is 7.05 Å². The molecule has 2 saturated heterocycles. The smallest absolute Gasteiger partial charge is 0.261 e. The number of pyridine rings is 1. The van der Waals surface area contributed by atoms with Gasteiger partial charge in [0.25, 0.3) is 5.91 Å². The molecule has 0 spiro atoms. The first kappa shape index (κ1) is 30.1. The number of likely N-dealkylation sites (N-methyl/N-ethyl adjacent to an activating group) is 1. The van der Waals surface area contributed by atoms with Gasteiger partial charge in [0.05, 0.1) is 18.2 Å². The molecule has 0 aliphatic carbocycles. The van der Waals surface area contributed by atoms with Crippen molar-refractivity contribution in [1.29, 1.82) is 0 Å². The molecule has 5 rings (SSSR count). The highest BCUT2D eigenvalue weighted by atomic mass is 35.5. The van der Waals surface area contributed by atoms with Crippen LogP contribution in [-0.4, -0.2) is 114 Å². The van der Waals surface area contributed by atoms with Crippen LogP contribution in [0.3, 0.4) is 0 Å². The number of nitrogens with zero attached hydrogens (tertiary/aromatic N) is 5. The molecule has 10 nitrogen and oxygen atoms in total. The zero-order valence-corrected chi connectivity index (χ0v) is 25.2. The second-order valence-corrected chi connectivity index (χ2v) is 12.0. The number of carbonyl (C=O) groups is 2. The number of ether oxygens (including phenoxy) is 2. The molecule has 2 fully saturated rings. The van der Waals surface area contributed by atoms with Gasteiger partial charge in [0.15, 0.2) is 5.75 Å². The lowest BCUT2D eigenvalue weighted by Crippen LogP contribution is -2.57. The number of fused-ring (bicyclic) bond motifs is 2. The SMILES string of the molecule is C=CC(=O)N1CCN2C(=O)c3c(N4C[C@H](N(C)CCOC)CC4(C)C)nc(-c4c(O)cccc4F)c(Cl)c3OC[C@H]2C1. The van der Waals surface area contributed by atoms with Crippen LogP contribution in [0.4, 0.5) is 10.2 Å². The summed E-state index contributed by atoms with van der Waals surface area (Å²) >= 11 is 6.87. The number of methoxy groups -OCH3 is 1. The van der Waals surface area contributed by atoms with E-state index in [2.05, 4.69) is 30.2 Å². The summed E-state index contributed by atoms with van der Waals surface area (Å²) in [5, 5.41) is 10.6. The Hall–Kier alpha value is -3.41. The summed E-state index contributed by atoms with van der Waals surface area (Å²) in [4.78, 5) is 39.1. The molecule has 2 atom stereocenters. The van der Waals surface area contributed by atoms with Crippen LogP contribution < -0.4 is 9.64 Å². The van der Waals surface area contributed by atoms with Gasteiger partial charge in [-0.25, -0.2) is 9.37 Å². The zero-order chi connectivity index (χ0) is 30.3. The molecule has 1 aromatic carbocycles. The third-order valence-electron chi connectivity index (χ3n) is 8.55. The van der Waals surface area contributed by atoms with E-state index in [1.54, 1.807) is 16.9 Å². The van der Waals surface area contributed by atoms with E-state index in [4.69, 9.17) is 26.1 Å². The molecular formula is C30H37ClFN5O5. The standard InChI is InChI=1S/C30H37ClFN5O5/c1-6-22(39)35-10-11-36-19(15-35)17-42-27-24(29(36)40)28(33-26(25(27)31)23-20(32)8-7-9-21(23)38)37-16-18(14-30(37,2)3)34(4)12-13-41-5/h6-9,18-19,38H,1,10-17H2,2-5H3/t18-,19-/m1/s1. The summed E-state index contributed by atoms with van der Waals surface area (Å²) in [5.74, 6) is -1.17. The molecule has 12 heteroatoms. The van der Waals surface area contributed by atoms with Crippen LogP contribution in [0.1, 0.15) is 30.6 Å². The maximum atomic E-state index is 15.2. The van der Waals surface area contributed by atoms with E-state index >= 15 is 4.39 Å². The molecule has 4 heterocycles. The summed E-state index contributed by atoms with van der Waals surface area (Å²) in [7, 11) is 3.70. The average Bonchev–Trinajstić information content (AvgIpc) is 3.20. The number of aromatic nitrogens is 1. The van der Waals surface area contributed by atoms with Gasteiger partial charge in [0.2, 0.25) is 5.91 Å². The number of hydrogen-bond acceptors (Lipinski definition) is 8. The van der Waals surface area contributed by atoms with Crippen molar-refractivity contribution in [3.05, 3.63) is 47.3 Å². The molecule has 0 saturated carbocycles. The average molecular weight is 602 g/mol. The van der Waals surface area contributed by atoms with Crippen molar-refractivity contribution in [1.82, 2.24) is 19.7 Å². The van der Waals surface area contributed by atoms with Crippen molar-refractivity contribution in [3.63, 3.8) is 0 Å². The molecule has 0 radical (unpaired) electrons. The summed E-state index contributed by atoms with van der Waals surface area (Å²) in [5.41, 5.74) is -0.433. The Kier molecular flexibility index (Phi) is 8.37. The monoisotopic (exact) mass is 601 g/mol. The summed E-state index contributed by atoms with van der Waals surface area (Å²) in [6.45, 7) is 10.5. The van der Waals surface area contributed by atoms with Gasteiger partial charge in [0, 0.05) is 51.4 Å². The lowest BCUT2D eigenvalue weighted by atomic mass is 9.98.